The van der Waals surface area contributed by atoms with Gasteiger partial charge >= 0.3 is 0 Å². The molecule has 0 aromatic rings. The summed E-state index contributed by atoms with van der Waals surface area (Å²) >= 11 is 0. The number of carbonyl (C=O) groups excluding carboxylic acids is 1. The van der Waals surface area contributed by atoms with E-state index in [2.05, 4.69) is 20.6 Å². The van der Waals surface area contributed by atoms with E-state index in [1.165, 1.54) is 6.42 Å². The van der Waals surface area contributed by atoms with E-state index in [9.17, 15) is 0 Å². The van der Waals surface area contributed by atoms with Gasteiger partial charge in [0.25, 0.3) is 6.79 Å². The van der Waals surface area contributed by atoms with Crippen LogP contribution in [0.3, 0.4) is 0 Å². The van der Waals surface area contributed by atoms with Gasteiger partial charge in [-0.1, -0.05) is 20.3 Å². The van der Waals surface area contributed by atoms with Crippen LogP contribution in [0.2, 0.25) is 0 Å². The van der Waals surface area contributed by atoms with Gasteiger partial charge in [0, 0.05) is 18.6 Å². The van der Waals surface area contributed by atoms with Crippen molar-refractivity contribution in [1.82, 2.24) is 0 Å². The first-order chi connectivity index (χ1) is 2.41. The Hall–Kier alpha value is 0.254. The molecule has 0 aliphatic heterocycles. The zero-order valence-corrected chi connectivity index (χ0v) is 5.46. The summed E-state index contributed by atoms with van der Waals surface area (Å²) in [5.41, 5.74) is 0. The van der Waals surface area contributed by atoms with Crippen LogP contribution in [0.25, 0.3) is 0 Å². The Kier molecular flexibility index (Phi) is 164. The molecule has 0 heterocycles. The van der Waals surface area contributed by atoms with E-state index in [0.717, 1.165) is 0 Å². The van der Waals surface area contributed by atoms with Gasteiger partial charge in [0.1, 0.15) is 0 Å². The van der Waals surface area contributed by atoms with Gasteiger partial charge in [-0.15, -0.1) is 0 Å². The normalized spacial score (nSPS) is 3.67. The van der Waals surface area contributed by atoms with Gasteiger partial charge in [-0.3, -0.25) is 4.79 Å². The second kappa shape index (κ2) is 60.4. The maximum absolute atomic E-state index is 7.50. The molecule has 0 fully saturated rings. The summed E-state index contributed by atoms with van der Waals surface area (Å²) in [6.45, 7) is 8.75. The SMILES string of the molecule is CCC.[C]=O.[V]. The topological polar surface area (TPSA) is 17.1 Å². The smallest absolute Gasteiger partial charge is 0.281 e. The van der Waals surface area contributed by atoms with Crippen molar-refractivity contribution in [2.75, 3.05) is 0 Å². The van der Waals surface area contributed by atoms with Crippen LogP contribution in [0.5, 0.6) is 0 Å². The fourth-order valence-corrected chi connectivity index (χ4v) is 0. The standard InChI is InChI=1S/C3H8.CO.V/c1-3-2;1-2;/h3H2,1-2H3;;. The first-order valence-electron chi connectivity index (χ1n) is 1.62. The van der Waals surface area contributed by atoms with Gasteiger partial charge in [0.05, 0.1) is 0 Å². The van der Waals surface area contributed by atoms with Gasteiger partial charge in [0.2, 0.25) is 0 Å². The molecular weight excluding hydrogens is 115 g/mol. The van der Waals surface area contributed by atoms with Gasteiger partial charge in [-0.25, -0.2) is 0 Å². The molecule has 0 bridgehead atoms. The maximum Gasteiger partial charge on any atom is 0.281 e. The zero-order valence-electron chi connectivity index (χ0n) is 4.06. The van der Waals surface area contributed by atoms with Crippen LogP contribution in [-0.2, 0) is 23.4 Å². The molecule has 0 N–H and O–H groups in total. The van der Waals surface area contributed by atoms with E-state index in [0.29, 0.717) is 0 Å². The van der Waals surface area contributed by atoms with Crippen LogP contribution in [-0.4, -0.2) is 6.79 Å². The molecule has 35 valence electrons. The van der Waals surface area contributed by atoms with Crippen LogP contribution in [0.15, 0.2) is 0 Å². The summed E-state index contributed by atoms with van der Waals surface area (Å²) in [6, 6.07) is 0. The zero-order chi connectivity index (χ0) is 4.71. The van der Waals surface area contributed by atoms with E-state index >= 15 is 0 Å². The fourth-order valence-electron chi connectivity index (χ4n) is 0. The molecule has 1 nitrogen and oxygen atoms in total. The number of hydrogen-bond donors (Lipinski definition) is 0. The van der Waals surface area contributed by atoms with E-state index in [-0.39, 0.29) is 18.6 Å². The Balaban J connectivity index is -0.0000000275. The minimum atomic E-state index is 0. The largest absolute Gasteiger partial charge is 0.281 e. The predicted octanol–water partition coefficient (Wildman–Crippen LogP) is 1.02. The summed E-state index contributed by atoms with van der Waals surface area (Å²) in [5, 5.41) is 0. The molecule has 0 aliphatic rings. The van der Waals surface area contributed by atoms with E-state index in [1.807, 2.05) is 0 Å². The van der Waals surface area contributed by atoms with Crippen molar-refractivity contribution in [2.24, 2.45) is 0 Å². The third kappa shape index (κ3) is 696. The summed E-state index contributed by atoms with van der Waals surface area (Å²) in [6.07, 6.45) is 1.25. The van der Waals surface area contributed by atoms with Gasteiger partial charge in [-0.05, 0) is 0 Å². The molecule has 0 saturated heterocycles. The summed E-state index contributed by atoms with van der Waals surface area (Å²) in [4.78, 5) is 7.50. The van der Waals surface area contributed by atoms with Crippen LogP contribution in [0.4, 0.5) is 0 Å². The molecule has 0 aliphatic carbocycles. The molecule has 0 aromatic carbocycles. The third-order valence-electron chi connectivity index (χ3n) is 0. The molecule has 0 spiro atoms. The summed E-state index contributed by atoms with van der Waals surface area (Å²) < 4.78 is 0. The fraction of sp³-hybridized carbons (Fsp3) is 0.750. The molecule has 0 rings (SSSR count). The number of rotatable bonds is 0. The van der Waals surface area contributed by atoms with E-state index < -0.39 is 0 Å². The third-order valence-corrected chi connectivity index (χ3v) is 0. The molecular formula is C4H8OV. The van der Waals surface area contributed by atoms with Crippen molar-refractivity contribution >= 4 is 6.79 Å². The van der Waals surface area contributed by atoms with Crippen molar-refractivity contribution < 1.29 is 23.4 Å². The Labute approximate surface area is 51.0 Å². The molecule has 0 amide bonds. The second-order valence-electron chi connectivity index (χ2n) is 0.707. The first-order valence-corrected chi connectivity index (χ1v) is 1.62. The molecule has 2 heteroatoms. The molecule has 6 heavy (non-hydrogen) atoms. The maximum atomic E-state index is 7.50. The van der Waals surface area contributed by atoms with E-state index in [1.54, 1.807) is 0 Å². The van der Waals surface area contributed by atoms with Crippen molar-refractivity contribution in [1.29, 1.82) is 0 Å². The Morgan fingerprint density at radius 3 is 1.33 bits per heavy atom. The van der Waals surface area contributed by atoms with Crippen LogP contribution in [0.1, 0.15) is 20.3 Å². The van der Waals surface area contributed by atoms with Crippen LogP contribution in [0, 0.1) is 0 Å². The molecule has 0 atom stereocenters. The summed E-state index contributed by atoms with van der Waals surface area (Å²) in [7, 11) is 0. The van der Waals surface area contributed by atoms with Crippen LogP contribution < -0.4 is 0 Å². The van der Waals surface area contributed by atoms with Crippen LogP contribution >= 0.6 is 0 Å². The number of hydrogen-bond acceptors (Lipinski definition) is 1. The second-order valence-corrected chi connectivity index (χ2v) is 0.707. The van der Waals surface area contributed by atoms with Crippen molar-refractivity contribution in [3.63, 3.8) is 0 Å². The Morgan fingerprint density at radius 1 is 1.33 bits per heavy atom. The first kappa shape index (κ1) is 16.3. The quantitative estimate of drug-likeness (QED) is 0.470. The average molecular weight is 123 g/mol. The van der Waals surface area contributed by atoms with Gasteiger partial charge in [-0.2, -0.15) is 0 Å². The molecule has 3 radical (unpaired) electrons. The predicted molar refractivity (Wildman–Crippen MR) is 21.7 cm³/mol. The minimum Gasteiger partial charge on any atom is -0.281 e. The van der Waals surface area contributed by atoms with Crippen molar-refractivity contribution in [3.05, 3.63) is 0 Å². The Morgan fingerprint density at radius 2 is 1.33 bits per heavy atom. The van der Waals surface area contributed by atoms with Gasteiger partial charge in [0.15, 0.2) is 0 Å². The summed E-state index contributed by atoms with van der Waals surface area (Å²) in [5.74, 6) is 0. The monoisotopic (exact) mass is 123 g/mol. The molecule has 0 unspecified atom stereocenters. The van der Waals surface area contributed by atoms with Crippen molar-refractivity contribution in [3.8, 4) is 0 Å². The van der Waals surface area contributed by atoms with Crippen molar-refractivity contribution in [2.45, 2.75) is 20.3 Å². The Bertz CT molecular complexity index is 11.5. The molecule has 0 saturated carbocycles. The molecule has 0 aromatic heterocycles. The minimum absolute atomic E-state index is 0. The van der Waals surface area contributed by atoms with E-state index in [4.69, 9.17) is 4.79 Å². The van der Waals surface area contributed by atoms with Gasteiger partial charge < -0.3 is 0 Å². The average Bonchev–Trinajstić information content (AvgIpc) is 1.46.